The van der Waals surface area contributed by atoms with E-state index in [0.717, 1.165) is 16.7 Å². The molecule has 0 radical (unpaired) electrons. The van der Waals surface area contributed by atoms with Crippen LogP contribution in [0.4, 0.5) is 5.69 Å². The van der Waals surface area contributed by atoms with Gasteiger partial charge in [0, 0.05) is 25.0 Å². The summed E-state index contributed by atoms with van der Waals surface area (Å²) in [6.07, 6.45) is -1.75. The Morgan fingerprint density at radius 1 is 0.767 bits per heavy atom. The van der Waals surface area contributed by atoms with Crippen molar-refractivity contribution in [2.75, 3.05) is 0 Å². The predicted molar refractivity (Wildman–Crippen MR) is 174 cm³/mol. The number of nitro benzene ring substituents is 1. The van der Waals surface area contributed by atoms with Crippen LogP contribution in [0.1, 0.15) is 62.0 Å². The van der Waals surface area contributed by atoms with Crippen molar-refractivity contribution in [3.05, 3.63) is 148 Å². The zero-order chi connectivity index (χ0) is 31.3. The summed E-state index contributed by atoms with van der Waals surface area (Å²) >= 11 is 0. The van der Waals surface area contributed by atoms with Crippen LogP contribution in [0.5, 0.6) is 0 Å². The number of benzene rings is 4. The van der Waals surface area contributed by atoms with Crippen molar-refractivity contribution < 1.29 is 19.3 Å². The Bertz CT molecular complexity index is 1400. The SMILES string of the molecule is CC(C)(C)[Si](C)(C)O[C@@H](CC(=O)C[C@@H](O)c1ccc([N+](=O)[O-])cc1)C(c1ccccc1)(c1ccccc1)c1ccccc1. The predicted octanol–water partition coefficient (Wildman–Crippen LogP) is 8.40. The molecular formula is C36H41NO5Si. The molecule has 0 fully saturated rings. The molecule has 0 aliphatic heterocycles. The number of carbonyl (C=O) groups is 1. The van der Waals surface area contributed by atoms with Crippen LogP contribution in [0, 0.1) is 10.1 Å². The van der Waals surface area contributed by atoms with Gasteiger partial charge in [-0.3, -0.25) is 14.9 Å². The highest BCUT2D eigenvalue weighted by Crippen LogP contribution is 2.48. The molecule has 43 heavy (non-hydrogen) atoms. The van der Waals surface area contributed by atoms with Gasteiger partial charge >= 0.3 is 0 Å². The average Bonchev–Trinajstić information content (AvgIpc) is 2.98. The molecule has 0 bridgehead atoms. The summed E-state index contributed by atoms with van der Waals surface area (Å²) in [5.41, 5.74) is 2.61. The summed E-state index contributed by atoms with van der Waals surface area (Å²) in [7, 11) is -2.44. The monoisotopic (exact) mass is 595 g/mol. The second-order valence-electron chi connectivity index (χ2n) is 12.6. The fourth-order valence-corrected chi connectivity index (χ4v) is 6.74. The molecule has 4 rings (SSSR count). The van der Waals surface area contributed by atoms with E-state index in [2.05, 4.69) is 70.3 Å². The lowest BCUT2D eigenvalue weighted by molar-refractivity contribution is -0.384. The molecule has 0 aromatic heterocycles. The number of carbonyl (C=O) groups excluding carboxylic acids is 1. The summed E-state index contributed by atoms with van der Waals surface area (Å²) in [5, 5.41) is 22.0. The molecule has 0 aliphatic rings. The van der Waals surface area contributed by atoms with E-state index in [0.29, 0.717) is 5.56 Å². The van der Waals surface area contributed by atoms with Crippen LogP contribution >= 0.6 is 0 Å². The Morgan fingerprint density at radius 3 is 1.56 bits per heavy atom. The number of hydrogen-bond acceptors (Lipinski definition) is 5. The number of Topliss-reactive ketones (excluding diaryl/α,β-unsaturated/α-hetero) is 1. The van der Waals surface area contributed by atoms with E-state index in [-0.39, 0.29) is 29.4 Å². The second kappa shape index (κ2) is 13.2. The summed E-state index contributed by atoms with van der Waals surface area (Å²) in [5.74, 6) is -0.151. The minimum Gasteiger partial charge on any atom is -0.412 e. The highest BCUT2D eigenvalue weighted by Gasteiger charge is 2.49. The van der Waals surface area contributed by atoms with Crippen molar-refractivity contribution in [1.82, 2.24) is 0 Å². The van der Waals surface area contributed by atoms with Crippen LogP contribution < -0.4 is 0 Å². The Kier molecular flexibility index (Phi) is 9.80. The number of nitro groups is 1. The van der Waals surface area contributed by atoms with Crippen LogP contribution in [0.25, 0.3) is 0 Å². The Balaban J connectivity index is 1.85. The summed E-state index contributed by atoms with van der Waals surface area (Å²) in [6, 6.07) is 36.3. The fourth-order valence-electron chi connectivity index (χ4n) is 5.42. The van der Waals surface area contributed by atoms with Crippen molar-refractivity contribution >= 4 is 19.8 Å². The summed E-state index contributed by atoms with van der Waals surface area (Å²) in [4.78, 5) is 24.6. The van der Waals surface area contributed by atoms with Crippen molar-refractivity contribution in [1.29, 1.82) is 0 Å². The topological polar surface area (TPSA) is 89.7 Å². The molecule has 0 heterocycles. The lowest BCUT2D eigenvalue weighted by Gasteiger charge is -2.48. The van der Waals surface area contributed by atoms with Gasteiger partial charge < -0.3 is 9.53 Å². The van der Waals surface area contributed by atoms with E-state index in [1.54, 1.807) is 0 Å². The molecular weight excluding hydrogens is 554 g/mol. The maximum Gasteiger partial charge on any atom is 0.269 e. The van der Waals surface area contributed by atoms with Gasteiger partial charge in [0.2, 0.25) is 0 Å². The van der Waals surface area contributed by atoms with E-state index < -0.39 is 30.9 Å². The number of rotatable bonds is 12. The van der Waals surface area contributed by atoms with Gasteiger partial charge in [0.05, 0.1) is 22.5 Å². The Labute approximate surface area is 255 Å². The molecule has 0 amide bonds. The quantitative estimate of drug-likeness (QED) is 0.0769. The van der Waals surface area contributed by atoms with Gasteiger partial charge in [-0.2, -0.15) is 0 Å². The molecule has 7 heteroatoms. The number of aliphatic hydroxyl groups excluding tert-OH is 1. The zero-order valence-electron chi connectivity index (χ0n) is 25.6. The van der Waals surface area contributed by atoms with Crippen LogP contribution in [-0.2, 0) is 14.6 Å². The van der Waals surface area contributed by atoms with Gasteiger partial charge in [-0.05, 0) is 52.5 Å². The van der Waals surface area contributed by atoms with Gasteiger partial charge in [0.25, 0.3) is 5.69 Å². The molecule has 0 spiro atoms. The van der Waals surface area contributed by atoms with Crippen molar-refractivity contribution in [3.8, 4) is 0 Å². The molecule has 0 aliphatic carbocycles. The van der Waals surface area contributed by atoms with Gasteiger partial charge in [-0.15, -0.1) is 0 Å². The number of nitrogens with zero attached hydrogens (tertiary/aromatic N) is 1. The number of hydrogen-bond donors (Lipinski definition) is 1. The first-order chi connectivity index (χ1) is 20.4. The first-order valence-electron chi connectivity index (χ1n) is 14.6. The minimum absolute atomic E-state index is 0.0647. The first kappa shape index (κ1) is 32.0. The third-order valence-electron chi connectivity index (χ3n) is 8.74. The number of aliphatic hydroxyl groups is 1. The highest BCUT2D eigenvalue weighted by molar-refractivity contribution is 6.74. The standard InChI is InChI=1S/C36H41NO5Si/c1-35(2,3)43(4,5)42-34(26-32(38)25-33(39)27-21-23-31(24-22-27)37(40)41)36(28-15-9-6-10-16-28,29-17-11-7-12-18-29)30-19-13-8-14-20-30/h6-24,33-34,39H,25-26H2,1-5H3/t33-,34+/m1/s1. The molecule has 4 aromatic carbocycles. The van der Waals surface area contributed by atoms with Gasteiger partial charge in [0.1, 0.15) is 5.78 Å². The largest absolute Gasteiger partial charge is 0.412 e. The molecule has 2 atom stereocenters. The van der Waals surface area contributed by atoms with E-state index in [9.17, 15) is 20.0 Å². The average molecular weight is 596 g/mol. The third kappa shape index (κ3) is 7.01. The number of non-ortho nitro benzene ring substituents is 1. The van der Waals surface area contributed by atoms with Crippen LogP contribution in [-0.4, -0.2) is 30.2 Å². The van der Waals surface area contributed by atoms with E-state index >= 15 is 0 Å². The van der Waals surface area contributed by atoms with Gasteiger partial charge in [0.15, 0.2) is 8.32 Å². The van der Waals surface area contributed by atoms with Crippen LogP contribution in [0.3, 0.4) is 0 Å². The summed E-state index contributed by atoms with van der Waals surface area (Å²) < 4.78 is 7.29. The third-order valence-corrected chi connectivity index (χ3v) is 13.2. The molecule has 0 unspecified atom stereocenters. The normalized spacial score (nSPS) is 13.7. The Hall–Kier alpha value is -3.91. The molecule has 0 saturated heterocycles. The van der Waals surface area contributed by atoms with Crippen molar-refractivity contribution in [2.24, 2.45) is 0 Å². The van der Waals surface area contributed by atoms with Crippen molar-refractivity contribution in [3.63, 3.8) is 0 Å². The van der Waals surface area contributed by atoms with Crippen LogP contribution in [0.15, 0.2) is 115 Å². The second-order valence-corrected chi connectivity index (χ2v) is 17.3. The lowest BCUT2D eigenvalue weighted by atomic mass is 9.64. The summed E-state index contributed by atoms with van der Waals surface area (Å²) in [6.45, 7) is 11.0. The minimum atomic E-state index is -2.44. The van der Waals surface area contributed by atoms with Crippen LogP contribution in [0.2, 0.25) is 18.1 Å². The smallest absolute Gasteiger partial charge is 0.269 e. The highest BCUT2D eigenvalue weighted by atomic mass is 28.4. The maximum atomic E-state index is 14.0. The fraction of sp³-hybridized carbons (Fsp3) is 0.306. The first-order valence-corrected chi connectivity index (χ1v) is 17.6. The van der Waals surface area contributed by atoms with Crippen molar-refractivity contribution in [2.45, 2.75) is 69.4 Å². The van der Waals surface area contributed by atoms with E-state index in [1.807, 2.05) is 54.6 Å². The van der Waals surface area contributed by atoms with Gasteiger partial charge in [-0.1, -0.05) is 112 Å². The maximum absolute atomic E-state index is 14.0. The molecule has 6 nitrogen and oxygen atoms in total. The number of ketones is 1. The van der Waals surface area contributed by atoms with E-state index in [4.69, 9.17) is 4.43 Å². The zero-order valence-corrected chi connectivity index (χ0v) is 26.6. The van der Waals surface area contributed by atoms with Gasteiger partial charge in [-0.25, -0.2) is 0 Å². The molecule has 224 valence electrons. The molecule has 1 N–H and O–H groups in total. The molecule has 0 saturated carbocycles. The molecule has 4 aromatic rings. The Morgan fingerprint density at radius 2 is 1.19 bits per heavy atom. The van der Waals surface area contributed by atoms with E-state index in [1.165, 1.54) is 24.3 Å². The lowest BCUT2D eigenvalue weighted by Crippen LogP contribution is -2.52.